The number of carbonyl (C=O) groups is 1. The van der Waals surface area contributed by atoms with E-state index >= 15 is 0 Å². The molecule has 0 saturated carbocycles. The highest BCUT2D eigenvalue weighted by molar-refractivity contribution is 6.31. The predicted octanol–water partition coefficient (Wildman–Crippen LogP) is 4.38. The molecule has 1 atom stereocenters. The van der Waals surface area contributed by atoms with Gasteiger partial charge in [-0.25, -0.2) is 9.37 Å². The quantitative estimate of drug-likeness (QED) is 0.613. The third kappa shape index (κ3) is 3.23. The zero-order valence-electron chi connectivity index (χ0n) is 14.7. The Labute approximate surface area is 161 Å². The summed E-state index contributed by atoms with van der Waals surface area (Å²) in [7, 11) is 0. The molecule has 1 aliphatic heterocycles. The van der Waals surface area contributed by atoms with Crippen molar-refractivity contribution in [1.29, 1.82) is 0 Å². The van der Waals surface area contributed by atoms with Crippen LogP contribution in [-0.4, -0.2) is 33.4 Å². The van der Waals surface area contributed by atoms with Gasteiger partial charge in [0.1, 0.15) is 11.6 Å². The van der Waals surface area contributed by atoms with E-state index in [1.165, 1.54) is 6.07 Å². The molecule has 1 fully saturated rings. The zero-order valence-corrected chi connectivity index (χ0v) is 15.5. The monoisotopic (exact) mass is 383 g/mol. The Morgan fingerprint density at radius 2 is 2.07 bits per heavy atom. The van der Waals surface area contributed by atoms with E-state index in [-0.39, 0.29) is 24.2 Å². The Morgan fingerprint density at radius 1 is 1.26 bits per heavy atom. The van der Waals surface area contributed by atoms with E-state index in [9.17, 15) is 9.18 Å². The molecule has 2 heterocycles. The maximum absolute atomic E-state index is 14.4. The number of likely N-dealkylation sites (tertiary alicyclic amines) is 1. The molecule has 138 valence electrons. The van der Waals surface area contributed by atoms with Crippen molar-refractivity contribution in [2.24, 2.45) is 0 Å². The van der Waals surface area contributed by atoms with Gasteiger partial charge in [-0.05, 0) is 24.3 Å². The van der Waals surface area contributed by atoms with Gasteiger partial charge < -0.3 is 9.47 Å². The van der Waals surface area contributed by atoms with E-state index in [2.05, 4.69) is 6.58 Å². The van der Waals surface area contributed by atoms with Crippen molar-refractivity contribution in [2.75, 3.05) is 13.1 Å². The van der Waals surface area contributed by atoms with Crippen LogP contribution in [0.1, 0.15) is 23.7 Å². The van der Waals surface area contributed by atoms with Crippen LogP contribution in [0, 0.1) is 5.82 Å². The minimum Gasteiger partial charge on any atom is -0.338 e. The van der Waals surface area contributed by atoms with Gasteiger partial charge in [-0.3, -0.25) is 4.79 Å². The molecule has 6 heteroatoms. The number of benzene rings is 2. The van der Waals surface area contributed by atoms with Gasteiger partial charge >= 0.3 is 0 Å². The number of para-hydroxylation sites is 2. The number of amides is 1. The first-order chi connectivity index (χ1) is 13.1. The number of imidazole rings is 1. The Morgan fingerprint density at radius 3 is 2.85 bits per heavy atom. The number of halogens is 2. The first kappa shape index (κ1) is 17.7. The second-order valence-corrected chi connectivity index (χ2v) is 7.14. The topological polar surface area (TPSA) is 38.1 Å². The number of fused-ring (bicyclic) bond motifs is 1. The molecule has 4 rings (SSSR count). The summed E-state index contributed by atoms with van der Waals surface area (Å²) in [6.45, 7) is 5.09. The van der Waals surface area contributed by atoms with Gasteiger partial charge in [0, 0.05) is 36.0 Å². The molecule has 1 aromatic heterocycles. The molecule has 0 radical (unpaired) electrons. The number of nitrogens with zero attached hydrogens (tertiary/aromatic N) is 3. The molecule has 2 aromatic carbocycles. The third-order valence-electron chi connectivity index (χ3n) is 4.99. The van der Waals surface area contributed by atoms with Crippen molar-refractivity contribution < 1.29 is 9.18 Å². The predicted molar refractivity (Wildman–Crippen MR) is 104 cm³/mol. The highest BCUT2D eigenvalue weighted by atomic mass is 35.5. The van der Waals surface area contributed by atoms with Crippen molar-refractivity contribution in [3.05, 3.63) is 77.3 Å². The fraction of sp³-hybridized carbons (Fsp3) is 0.238. The molecular weight excluding hydrogens is 365 g/mol. The first-order valence-corrected chi connectivity index (χ1v) is 9.23. The van der Waals surface area contributed by atoms with E-state index in [0.29, 0.717) is 30.1 Å². The lowest BCUT2D eigenvalue weighted by Gasteiger charge is -2.16. The minimum absolute atomic E-state index is 0.0459. The van der Waals surface area contributed by atoms with Crippen LogP contribution in [0.4, 0.5) is 4.39 Å². The van der Waals surface area contributed by atoms with Gasteiger partial charge in [0.05, 0.1) is 17.6 Å². The molecule has 0 aliphatic carbocycles. The molecule has 3 aromatic rings. The number of rotatable bonds is 5. The smallest absolute Gasteiger partial charge is 0.223 e. The second kappa shape index (κ2) is 7.16. The number of hydrogen-bond acceptors (Lipinski definition) is 2. The number of hydrogen-bond donors (Lipinski definition) is 0. The zero-order chi connectivity index (χ0) is 19.0. The van der Waals surface area contributed by atoms with Crippen LogP contribution in [-0.2, 0) is 11.3 Å². The molecule has 27 heavy (non-hydrogen) atoms. The van der Waals surface area contributed by atoms with E-state index < -0.39 is 0 Å². The second-order valence-electron chi connectivity index (χ2n) is 6.73. The molecule has 1 amide bonds. The fourth-order valence-electron chi connectivity index (χ4n) is 3.69. The van der Waals surface area contributed by atoms with Gasteiger partial charge in [0.15, 0.2) is 0 Å². The standard InChI is InChI=1S/C21H19ClFN3O/c1-2-10-25-12-14(11-20(25)27)21-24-18-8-3-4-9-19(18)26(21)13-15-16(22)6-5-7-17(15)23/h2-9,14H,1,10-13H2/t14-/m1/s1. The van der Waals surface area contributed by atoms with Crippen molar-refractivity contribution in [2.45, 2.75) is 18.9 Å². The highest BCUT2D eigenvalue weighted by Gasteiger charge is 2.33. The normalized spacial score (nSPS) is 17.0. The van der Waals surface area contributed by atoms with Crippen molar-refractivity contribution >= 4 is 28.5 Å². The van der Waals surface area contributed by atoms with E-state index in [1.807, 2.05) is 28.8 Å². The van der Waals surface area contributed by atoms with Gasteiger partial charge in [0.25, 0.3) is 0 Å². The Kier molecular flexibility index (Phi) is 4.70. The van der Waals surface area contributed by atoms with E-state index in [0.717, 1.165) is 16.9 Å². The lowest BCUT2D eigenvalue weighted by Crippen LogP contribution is -2.25. The lowest BCUT2D eigenvalue weighted by molar-refractivity contribution is -0.127. The minimum atomic E-state index is -0.345. The lowest BCUT2D eigenvalue weighted by atomic mass is 10.1. The molecule has 4 nitrogen and oxygen atoms in total. The summed E-state index contributed by atoms with van der Waals surface area (Å²) in [5.74, 6) is 0.482. The Bertz CT molecular complexity index is 1010. The van der Waals surface area contributed by atoms with Crippen LogP contribution in [0.2, 0.25) is 5.02 Å². The van der Waals surface area contributed by atoms with Gasteiger partial charge in [-0.15, -0.1) is 6.58 Å². The Balaban J connectivity index is 1.79. The average molecular weight is 384 g/mol. The maximum atomic E-state index is 14.4. The third-order valence-corrected chi connectivity index (χ3v) is 5.35. The number of aromatic nitrogens is 2. The largest absolute Gasteiger partial charge is 0.338 e. The van der Waals surface area contributed by atoms with Gasteiger partial charge in [-0.1, -0.05) is 35.9 Å². The summed E-state index contributed by atoms with van der Waals surface area (Å²) in [6, 6.07) is 12.4. The molecule has 0 unspecified atom stereocenters. The number of carbonyl (C=O) groups excluding carboxylic acids is 1. The summed E-state index contributed by atoms with van der Waals surface area (Å²) >= 11 is 6.25. The summed E-state index contributed by atoms with van der Waals surface area (Å²) in [5.41, 5.74) is 2.16. The Hall–Kier alpha value is -2.66. The first-order valence-electron chi connectivity index (χ1n) is 8.85. The summed E-state index contributed by atoms with van der Waals surface area (Å²) in [5, 5.41) is 0.384. The maximum Gasteiger partial charge on any atom is 0.223 e. The molecule has 0 bridgehead atoms. The van der Waals surface area contributed by atoms with Crippen LogP contribution in [0.25, 0.3) is 11.0 Å². The van der Waals surface area contributed by atoms with Crippen LogP contribution in [0.3, 0.4) is 0 Å². The summed E-state index contributed by atoms with van der Waals surface area (Å²) in [4.78, 5) is 18.8. The molecule has 1 saturated heterocycles. The van der Waals surface area contributed by atoms with Gasteiger partial charge in [-0.2, -0.15) is 0 Å². The SMILES string of the molecule is C=CCN1C[C@H](c2nc3ccccc3n2Cc2c(F)cccc2Cl)CC1=O. The van der Waals surface area contributed by atoms with Crippen molar-refractivity contribution in [1.82, 2.24) is 14.5 Å². The molecule has 0 N–H and O–H groups in total. The molecule has 0 spiro atoms. The van der Waals surface area contributed by atoms with E-state index in [4.69, 9.17) is 16.6 Å². The average Bonchev–Trinajstić information content (AvgIpc) is 3.19. The van der Waals surface area contributed by atoms with Crippen LogP contribution in [0.15, 0.2) is 55.1 Å². The summed E-state index contributed by atoms with van der Waals surface area (Å²) < 4.78 is 16.4. The van der Waals surface area contributed by atoms with Gasteiger partial charge in [0.2, 0.25) is 5.91 Å². The van der Waals surface area contributed by atoms with Crippen molar-refractivity contribution in [3.8, 4) is 0 Å². The van der Waals surface area contributed by atoms with Crippen LogP contribution < -0.4 is 0 Å². The van der Waals surface area contributed by atoms with Crippen LogP contribution in [0.5, 0.6) is 0 Å². The molecular formula is C21H19ClFN3O. The molecule has 1 aliphatic rings. The fourth-order valence-corrected chi connectivity index (χ4v) is 3.91. The highest BCUT2D eigenvalue weighted by Crippen LogP contribution is 2.32. The van der Waals surface area contributed by atoms with E-state index in [1.54, 1.807) is 23.1 Å². The van der Waals surface area contributed by atoms with Crippen LogP contribution >= 0.6 is 11.6 Å². The summed E-state index contributed by atoms with van der Waals surface area (Å²) in [6.07, 6.45) is 2.12. The van der Waals surface area contributed by atoms with Crippen molar-refractivity contribution in [3.63, 3.8) is 0 Å².